The standard InChI is InChI=1S/C19H21FN2O3/c20-17-11-14(21)6-7-18(17)25-16-8-9-22(19(23)24)15(12-16)10-13-4-2-1-3-5-13/h1-7,11,15-16H,8-10,12,21H2,(H,23,24). The summed E-state index contributed by atoms with van der Waals surface area (Å²) in [5.41, 5.74) is 6.96. The number of anilines is 1. The zero-order chi connectivity index (χ0) is 17.8. The van der Waals surface area contributed by atoms with Crippen molar-refractivity contribution in [3.8, 4) is 5.75 Å². The third-order valence-corrected chi connectivity index (χ3v) is 4.48. The van der Waals surface area contributed by atoms with Gasteiger partial charge in [0.25, 0.3) is 0 Å². The van der Waals surface area contributed by atoms with E-state index in [1.807, 2.05) is 30.3 Å². The summed E-state index contributed by atoms with van der Waals surface area (Å²) < 4.78 is 19.7. The van der Waals surface area contributed by atoms with Crippen molar-refractivity contribution in [3.63, 3.8) is 0 Å². The first kappa shape index (κ1) is 17.1. The Morgan fingerprint density at radius 3 is 2.72 bits per heavy atom. The van der Waals surface area contributed by atoms with E-state index in [4.69, 9.17) is 10.5 Å². The van der Waals surface area contributed by atoms with E-state index in [-0.39, 0.29) is 17.9 Å². The SMILES string of the molecule is Nc1ccc(OC2CCN(C(=O)O)C(Cc3ccccc3)C2)c(F)c1. The highest BCUT2D eigenvalue weighted by Gasteiger charge is 2.33. The molecule has 3 N–H and O–H groups in total. The summed E-state index contributed by atoms with van der Waals surface area (Å²) in [7, 11) is 0. The number of amides is 1. The Labute approximate surface area is 145 Å². The van der Waals surface area contributed by atoms with Gasteiger partial charge in [-0.3, -0.25) is 0 Å². The molecule has 25 heavy (non-hydrogen) atoms. The van der Waals surface area contributed by atoms with E-state index >= 15 is 0 Å². The summed E-state index contributed by atoms with van der Waals surface area (Å²) in [6, 6.07) is 13.9. The van der Waals surface area contributed by atoms with Crippen LogP contribution in [-0.2, 0) is 6.42 Å². The van der Waals surface area contributed by atoms with Crippen LogP contribution in [0.1, 0.15) is 18.4 Å². The monoisotopic (exact) mass is 344 g/mol. The zero-order valence-electron chi connectivity index (χ0n) is 13.8. The highest BCUT2D eigenvalue weighted by molar-refractivity contribution is 5.65. The van der Waals surface area contributed by atoms with E-state index in [1.165, 1.54) is 17.0 Å². The molecular weight excluding hydrogens is 323 g/mol. The van der Waals surface area contributed by atoms with Crippen LogP contribution in [0.25, 0.3) is 0 Å². The summed E-state index contributed by atoms with van der Waals surface area (Å²) in [4.78, 5) is 13.0. The summed E-state index contributed by atoms with van der Waals surface area (Å²) >= 11 is 0. The number of likely N-dealkylation sites (tertiary alicyclic amines) is 1. The van der Waals surface area contributed by atoms with Crippen molar-refractivity contribution >= 4 is 11.8 Å². The molecule has 1 saturated heterocycles. The second-order valence-corrected chi connectivity index (χ2v) is 6.27. The van der Waals surface area contributed by atoms with Gasteiger partial charge in [-0.15, -0.1) is 0 Å². The van der Waals surface area contributed by atoms with Crippen LogP contribution in [0.3, 0.4) is 0 Å². The van der Waals surface area contributed by atoms with Gasteiger partial charge >= 0.3 is 6.09 Å². The van der Waals surface area contributed by atoms with Crippen LogP contribution < -0.4 is 10.5 Å². The van der Waals surface area contributed by atoms with E-state index in [0.29, 0.717) is 31.5 Å². The van der Waals surface area contributed by atoms with Gasteiger partial charge in [0, 0.05) is 37.2 Å². The molecule has 1 aliphatic heterocycles. The molecular formula is C19H21FN2O3. The van der Waals surface area contributed by atoms with Crippen LogP contribution >= 0.6 is 0 Å². The molecule has 0 saturated carbocycles. The third kappa shape index (κ3) is 4.21. The van der Waals surface area contributed by atoms with E-state index < -0.39 is 11.9 Å². The van der Waals surface area contributed by atoms with Gasteiger partial charge in [-0.1, -0.05) is 30.3 Å². The molecule has 0 aliphatic carbocycles. The first-order chi connectivity index (χ1) is 12.0. The highest BCUT2D eigenvalue weighted by atomic mass is 19.1. The lowest BCUT2D eigenvalue weighted by Crippen LogP contribution is -2.49. The molecule has 3 rings (SSSR count). The van der Waals surface area contributed by atoms with Gasteiger partial charge in [0.05, 0.1) is 0 Å². The van der Waals surface area contributed by atoms with Gasteiger partial charge < -0.3 is 20.5 Å². The normalized spacial score (nSPS) is 20.3. The number of nitrogen functional groups attached to an aromatic ring is 1. The largest absolute Gasteiger partial charge is 0.487 e. The fraction of sp³-hybridized carbons (Fsp3) is 0.316. The van der Waals surface area contributed by atoms with Crippen molar-refractivity contribution in [2.75, 3.05) is 12.3 Å². The van der Waals surface area contributed by atoms with Crippen molar-refractivity contribution in [1.82, 2.24) is 4.90 Å². The summed E-state index contributed by atoms with van der Waals surface area (Å²) in [5.74, 6) is -0.346. The van der Waals surface area contributed by atoms with E-state index in [9.17, 15) is 14.3 Å². The molecule has 0 spiro atoms. The topological polar surface area (TPSA) is 75.8 Å². The molecule has 0 aromatic heterocycles. The van der Waals surface area contributed by atoms with Crippen LogP contribution in [0.15, 0.2) is 48.5 Å². The number of halogens is 1. The number of benzene rings is 2. The summed E-state index contributed by atoms with van der Waals surface area (Å²) in [6.45, 7) is 0.369. The molecule has 2 aromatic carbocycles. The molecule has 2 unspecified atom stereocenters. The summed E-state index contributed by atoms with van der Waals surface area (Å²) in [6.07, 6.45) is 0.490. The first-order valence-electron chi connectivity index (χ1n) is 8.28. The van der Waals surface area contributed by atoms with Crippen molar-refractivity contribution in [2.24, 2.45) is 0 Å². The Balaban J connectivity index is 1.72. The minimum Gasteiger partial charge on any atom is -0.487 e. The first-order valence-corrected chi connectivity index (χ1v) is 8.28. The Kier molecular flexibility index (Phi) is 5.07. The molecule has 2 atom stereocenters. The average molecular weight is 344 g/mol. The molecule has 1 aliphatic rings. The van der Waals surface area contributed by atoms with E-state index in [2.05, 4.69) is 0 Å². The maximum Gasteiger partial charge on any atom is 0.407 e. The predicted octanol–water partition coefficient (Wildman–Crippen LogP) is 3.54. The van der Waals surface area contributed by atoms with Gasteiger partial charge in [0.2, 0.25) is 0 Å². The van der Waals surface area contributed by atoms with Crippen LogP contribution in [-0.4, -0.2) is 34.8 Å². The van der Waals surface area contributed by atoms with Crippen molar-refractivity contribution in [1.29, 1.82) is 0 Å². The van der Waals surface area contributed by atoms with Gasteiger partial charge in [0.1, 0.15) is 6.10 Å². The number of piperidine rings is 1. The fourth-order valence-corrected chi connectivity index (χ4v) is 3.24. The molecule has 5 nitrogen and oxygen atoms in total. The van der Waals surface area contributed by atoms with Gasteiger partial charge in [-0.25, -0.2) is 9.18 Å². The van der Waals surface area contributed by atoms with Crippen molar-refractivity contribution in [3.05, 3.63) is 59.9 Å². The minimum atomic E-state index is -0.932. The quantitative estimate of drug-likeness (QED) is 0.832. The number of rotatable bonds is 4. The lowest BCUT2D eigenvalue weighted by Gasteiger charge is -2.38. The van der Waals surface area contributed by atoms with Crippen LogP contribution in [0.4, 0.5) is 14.9 Å². The van der Waals surface area contributed by atoms with E-state index in [0.717, 1.165) is 5.56 Å². The fourth-order valence-electron chi connectivity index (χ4n) is 3.24. The highest BCUT2D eigenvalue weighted by Crippen LogP contribution is 2.27. The molecule has 1 heterocycles. The second-order valence-electron chi connectivity index (χ2n) is 6.27. The Bertz CT molecular complexity index is 739. The summed E-state index contributed by atoms with van der Waals surface area (Å²) in [5, 5.41) is 9.45. The molecule has 0 bridgehead atoms. The number of hydrogen-bond donors (Lipinski definition) is 2. The van der Waals surface area contributed by atoms with E-state index in [1.54, 1.807) is 6.07 Å². The van der Waals surface area contributed by atoms with Gasteiger partial charge in [-0.05, 0) is 24.1 Å². The Morgan fingerprint density at radius 1 is 1.28 bits per heavy atom. The lowest BCUT2D eigenvalue weighted by atomic mass is 9.94. The molecule has 132 valence electrons. The van der Waals surface area contributed by atoms with Crippen LogP contribution in [0.2, 0.25) is 0 Å². The van der Waals surface area contributed by atoms with Crippen LogP contribution in [0, 0.1) is 5.82 Å². The number of hydrogen-bond acceptors (Lipinski definition) is 3. The lowest BCUT2D eigenvalue weighted by molar-refractivity contribution is 0.0528. The average Bonchev–Trinajstić information content (AvgIpc) is 2.58. The molecule has 0 radical (unpaired) electrons. The smallest absolute Gasteiger partial charge is 0.407 e. The maximum absolute atomic E-state index is 13.9. The third-order valence-electron chi connectivity index (χ3n) is 4.48. The van der Waals surface area contributed by atoms with Gasteiger partial charge in [-0.2, -0.15) is 0 Å². The van der Waals surface area contributed by atoms with Gasteiger partial charge in [0.15, 0.2) is 11.6 Å². The number of ether oxygens (including phenoxy) is 1. The van der Waals surface area contributed by atoms with Crippen LogP contribution in [0.5, 0.6) is 5.75 Å². The molecule has 6 heteroatoms. The number of carbonyl (C=O) groups is 1. The molecule has 1 amide bonds. The maximum atomic E-state index is 13.9. The second kappa shape index (κ2) is 7.42. The predicted molar refractivity (Wildman–Crippen MR) is 93.1 cm³/mol. The molecule has 1 fully saturated rings. The van der Waals surface area contributed by atoms with Crippen molar-refractivity contribution in [2.45, 2.75) is 31.4 Å². The zero-order valence-corrected chi connectivity index (χ0v) is 13.8. The number of carboxylic acid groups (broad SMARTS) is 1. The van der Waals surface area contributed by atoms with Crippen molar-refractivity contribution < 1.29 is 19.0 Å². The number of nitrogens with zero attached hydrogens (tertiary/aromatic N) is 1. The Morgan fingerprint density at radius 2 is 2.04 bits per heavy atom. The Hall–Kier alpha value is -2.76. The minimum absolute atomic E-state index is 0.154. The number of nitrogens with two attached hydrogens (primary N) is 1. The molecule has 2 aromatic rings.